The van der Waals surface area contributed by atoms with Gasteiger partial charge in [0.05, 0.1) is 12.3 Å². The summed E-state index contributed by atoms with van der Waals surface area (Å²) in [5.41, 5.74) is 7.49. The lowest BCUT2D eigenvalue weighted by Crippen LogP contribution is -2.21. The van der Waals surface area contributed by atoms with Crippen molar-refractivity contribution in [3.8, 4) is 10.6 Å². The van der Waals surface area contributed by atoms with Gasteiger partial charge in [-0.05, 0) is 43.6 Å². The largest absolute Gasteiger partial charge is 0.466 e. The van der Waals surface area contributed by atoms with E-state index in [0.29, 0.717) is 40.5 Å². The van der Waals surface area contributed by atoms with E-state index in [0.717, 1.165) is 11.1 Å². The Balaban J connectivity index is 2.25. The van der Waals surface area contributed by atoms with E-state index in [1.165, 1.54) is 11.3 Å². The van der Waals surface area contributed by atoms with Crippen molar-refractivity contribution in [2.45, 2.75) is 26.2 Å². The highest BCUT2D eigenvalue weighted by Crippen LogP contribution is 2.33. The molecule has 2 rings (SSSR count). The molecule has 0 aliphatic heterocycles. The SMILES string of the molecule is CCOC(=O)CCCc1cccc(-c2n[nH]c(=S)s2)c1NC(N)=O. The summed E-state index contributed by atoms with van der Waals surface area (Å²) < 4.78 is 5.46. The first-order chi connectivity index (χ1) is 11.5. The van der Waals surface area contributed by atoms with Gasteiger partial charge in [-0.1, -0.05) is 23.5 Å². The minimum absolute atomic E-state index is 0.233. The number of carbonyl (C=O) groups excluding carboxylic acids is 2. The van der Waals surface area contributed by atoms with Crippen LogP contribution in [0.15, 0.2) is 18.2 Å². The number of amides is 2. The van der Waals surface area contributed by atoms with E-state index in [-0.39, 0.29) is 5.97 Å². The summed E-state index contributed by atoms with van der Waals surface area (Å²) in [5, 5.41) is 10.2. The smallest absolute Gasteiger partial charge is 0.316 e. The van der Waals surface area contributed by atoms with E-state index >= 15 is 0 Å². The average molecular weight is 366 g/mol. The molecule has 1 aromatic carbocycles. The number of aryl methyl sites for hydroxylation is 1. The molecule has 0 spiro atoms. The molecule has 128 valence electrons. The maximum Gasteiger partial charge on any atom is 0.316 e. The summed E-state index contributed by atoms with van der Waals surface area (Å²) in [7, 11) is 0. The monoisotopic (exact) mass is 366 g/mol. The zero-order valence-electron chi connectivity index (χ0n) is 13.1. The Morgan fingerprint density at radius 3 is 2.88 bits per heavy atom. The second-order valence-corrected chi connectivity index (χ2v) is 6.57. The molecule has 1 aromatic heterocycles. The molecular formula is C15H18N4O3S2. The summed E-state index contributed by atoms with van der Waals surface area (Å²) in [4.78, 5) is 22.8. The first-order valence-electron chi connectivity index (χ1n) is 7.41. The fourth-order valence-corrected chi connectivity index (χ4v) is 3.18. The van der Waals surface area contributed by atoms with Crippen LogP contribution < -0.4 is 11.1 Å². The fourth-order valence-electron chi connectivity index (χ4n) is 2.26. The molecule has 0 radical (unpaired) electrons. The molecule has 0 atom stereocenters. The van der Waals surface area contributed by atoms with Gasteiger partial charge in [0.25, 0.3) is 0 Å². The number of para-hydroxylation sites is 1. The number of nitrogens with one attached hydrogen (secondary N) is 2. The molecule has 24 heavy (non-hydrogen) atoms. The highest BCUT2D eigenvalue weighted by Gasteiger charge is 2.14. The maximum atomic E-state index is 11.5. The third kappa shape index (κ3) is 4.87. The molecule has 0 unspecified atom stereocenters. The Morgan fingerprint density at radius 1 is 1.46 bits per heavy atom. The number of benzene rings is 1. The third-order valence-corrected chi connectivity index (χ3v) is 4.32. The van der Waals surface area contributed by atoms with Crippen LogP contribution in [0, 0.1) is 3.95 Å². The predicted molar refractivity (Wildman–Crippen MR) is 95.5 cm³/mol. The summed E-state index contributed by atoms with van der Waals surface area (Å²) >= 11 is 6.37. The number of rotatable bonds is 7. The molecule has 0 bridgehead atoms. The lowest BCUT2D eigenvalue weighted by atomic mass is 10.0. The number of H-pyrrole nitrogens is 1. The van der Waals surface area contributed by atoms with Crippen molar-refractivity contribution in [1.82, 2.24) is 10.2 Å². The fraction of sp³-hybridized carbons (Fsp3) is 0.333. The van der Waals surface area contributed by atoms with Crippen molar-refractivity contribution in [3.63, 3.8) is 0 Å². The quantitative estimate of drug-likeness (QED) is 0.515. The number of aromatic amines is 1. The average Bonchev–Trinajstić information content (AvgIpc) is 2.95. The van der Waals surface area contributed by atoms with Crippen molar-refractivity contribution >= 4 is 41.2 Å². The van der Waals surface area contributed by atoms with Gasteiger partial charge >= 0.3 is 12.0 Å². The molecule has 7 nitrogen and oxygen atoms in total. The van der Waals surface area contributed by atoms with Gasteiger partial charge in [-0.25, -0.2) is 4.79 Å². The molecule has 4 N–H and O–H groups in total. The van der Waals surface area contributed by atoms with Gasteiger partial charge in [-0.15, -0.1) is 0 Å². The first kappa shape index (κ1) is 18.1. The van der Waals surface area contributed by atoms with Crippen molar-refractivity contribution in [2.75, 3.05) is 11.9 Å². The van der Waals surface area contributed by atoms with E-state index in [9.17, 15) is 9.59 Å². The maximum absolute atomic E-state index is 11.5. The molecule has 0 fully saturated rings. The lowest BCUT2D eigenvalue weighted by molar-refractivity contribution is -0.143. The summed E-state index contributed by atoms with van der Waals surface area (Å²) in [6.07, 6.45) is 1.51. The van der Waals surface area contributed by atoms with Gasteiger partial charge in [-0.2, -0.15) is 5.10 Å². The number of primary amides is 1. The van der Waals surface area contributed by atoms with E-state index in [2.05, 4.69) is 15.5 Å². The van der Waals surface area contributed by atoms with Gasteiger partial charge < -0.3 is 15.8 Å². The minimum atomic E-state index is -0.659. The van der Waals surface area contributed by atoms with Crippen LogP contribution in [0.2, 0.25) is 0 Å². The first-order valence-corrected chi connectivity index (χ1v) is 8.63. The van der Waals surface area contributed by atoms with Crippen LogP contribution in [0.1, 0.15) is 25.3 Å². The highest BCUT2D eigenvalue weighted by molar-refractivity contribution is 7.73. The Morgan fingerprint density at radius 2 is 2.25 bits per heavy atom. The molecule has 0 aliphatic rings. The van der Waals surface area contributed by atoms with Crippen LogP contribution in [0.4, 0.5) is 10.5 Å². The minimum Gasteiger partial charge on any atom is -0.466 e. The lowest BCUT2D eigenvalue weighted by Gasteiger charge is -2.13. The number of urea groups is 1. The molecule has 0 saturated heterocycles. The second kappa shape index (κ2) is 8.55. The van der Waals surface area contributed by atoms with E-state index < -0.39 is 6.03 Å². The Hall–Kier alpha value is -2.26. The summed E-state index contributed by atoms with van der Waals surface area (Å²) in [6, 6.07) is 4.92. The number of nitrogens with two attached hydrogens (primary N) is 1. The van der Waals surface area contributed by atoms with Crippen LogP contribution in [0.5, 0.6) is 0 Å². The summed E-state index contributed by atoms with van der Waals surface area (Å²) in [6.45, 7) is 2.14. The van der Waals surface area contributed by atoms with Crippen LogP contribution in [0.3, 0.4) is 0 Å². The van der Waals surface area contributed by atoms with Gasteiger partial charge in [-0.3, -0.25) is 9.89 Å². The number of hydrogen-bond acceptors (Lipinski definition) is 6. The Kier molecular flexibility index (Phi) is 6.44. The zero-order chi connectivity index (χ0) is 17.5. The molecule has 9 heteroatoms. The van der Waals surface area contributed by atoms with Gasteiger partial charge in [0.1, 0.15) is 5.01 Å². The molecule has 2 aromatic rings. The van der Waals surface area contributed by atoms with E-state index in [1.54, 1.807) is 6.92 Å². The predicted octanol–water partition coefficient (Wildman–Crippen LogP) is 3.24. The molecule has 2 amide bonds. The van der Waals surface area contributed by atoms with E-state index in [1.807, 2.05) is 18.2 Å². The molecule has 1 heterocycles. The van der Waals surface area contributed by atoms with Crippen LogP contribution >= 0.6 is 23.6 Å². The Labute approximate surface area is 148 Å². The number of nitrogens with zero attached hydrogens (tertiary/aromatic N) is 1. The number of ether oxygens (including phenoxy) is 1. The van der Waals surface area contributed by atoms with Crippen LogP contribution in [-0.2, 0) is 16.0 Å². The van der Waals surface area contributed by atoms with Gasteiger partial charge in [0.15, 0.2) is 3.95 Å². The number of aromatic nitrogens is 2. The van der Waals surface area contributed by atoms with Crippen molar-refractivity contribution in [2.24, 2.45) is 5.73 Å². The van der Waals surface area contributed by atoms with Crippen molar-refractivity contribution < 1.29 is 14.3 Å². The number of esters is 1. The third-order valence-electron chi connectivity index (χ3n) is 3.20. The molecule has 0 saturated carbocycles. The van der Waals surface area contributed by atoms with E-state index in [4.69, 9.17) is 22.7 Å². The van der Waals surface area contributed by atoms with Crippen molar-refractivity contribution in [3.05, 3.63) is 27.7 Å². The Bertz CT molecular complexity index is 785. The van der Waals surface area contributed by atoms with Crippen LogP contribution in [-0.4, -0.2) is 28.8 Å². The molecular weight excluding hydrogens is 348 g/mol. The normalized spacial score (nSPS) is 10.4. The van der Waals surface area contributed by atoms with Crippen molar-refractivity contribution in [1.29, 1.82) is 0 Å². The molecule has 0 aliphatic carbocycles. The highest BCUT2D eigenvalue weighted by atomic mass is 32.1. The second-order valence-electron chi connectivity index (χ2n) is 4.91. The van der Waals surface area contributed by atoms with Gasteiger partial charge in [0.2, 0.25) is 0 Å². The standard InChI is InChI=1S/C15H18N4O3S2/c1-2-22-11(20)8-4-6-9-5-3-7-10(12(9)17-14(16)21)13-18-19-15(23)24-13/h3,5,7H,2,4,6,8H2,1H3,(H,19,23)(H3,16,17,21). The number of carbonyl (C=O) groups is 2. The number of hydrogen-bond donors (Lipinski definition) is 3. The van der Waals surface area contributed by atoms with Gasteiger partial charge in [0, 0.05) is 12.0 Å². The summed E-state index contributed by atoms with van der Waals surface area (Å²) in [5.74, 6) is -0.233. The van der Waals surface area contributed by atoms with Crippen LogP contribution in [0.25, 0.3) is 10.6 Å². The topological polar surface area (TPSA) is 110 Å². The zero-order valence-corrected chi connectivity index (χ0v) is 14.8. The number of anilines is 1.